The SMILES string of the molecule is CCCC[Si](C)(C)O.[H-].[K+]. The van der Waals surface area contributed by atoms with Crippen molar-refractivity contribution in [3.05, 3.63) is 0 Å². The summed E-state index contributed by atoms with van der Waals surface area (Å²) < 4.78 is 0. The van der Waals surface area contributed by atoms with Gasteiger partial charge in [0.05, 0.1) is 0 Å². The zero-order chi connectivity index (χ0) is 6.62. The van der Waals surface area contributed by atoms with Crippen LogP contribution in [0, 0.1) is 0 Å². The van der Waals surface area contributed by atoms with Crippen LogP contribution in [0.5, 0.6) is 0 Å². The van der Waals surface area contributed by atoms with E-state index in [1.54, 1.807) is 0 Å². The van der Waals surface area contributed by atoms with Crippen molar-refractivity contribution in [1.29, 1.82) is 0 Å². The second-order valence-electron chi connectivity index (χ2n) is 2.92. The Bertz CT molecular complexity index is 65.3. The molecule has 0 spiro atoms. The molecule has 0 unspecified atom stereocenters. The smallest absolute Gasteiger partial charge is 1.00 e. The molecule has 0 rings (SSSR count). The van der Waals surface area contributed by atoms with Gasteiger partial charge in [0, 0.05) is 0 Å². The normalized spacial score (nSPS) is 10.7. The summed E-state index contributed by atoms with van der Waals surface area (Å²) in [6.07, 6.45) is 2.40. The van der Waals surface area contributed by atoms with Crippen LogP contribution in [0.4, 0.5) is 0 Å². The van der Waals surface area contributed by atoms with Gasteiger partial charge in [0.15, 0.2) is 8.32 Å². The minimum Gasteiger partial charge on any atom is -1.00 e. The first-order chi connectivity index (χ1) is 3.56. The predicted octanol–water partition coefficient (Wildman–Crippen LogP) is -0.900. The number of hydrogen-bond donors (Lipinski definition) is 1. The van der Waals surface area contributed by atoms with Crippen LogP contribution in [0.2, 0.25) is 19.1 Å². The van der Waals surface area contributed by atoms with E-state index in [4.69, 9.17) is 0 Å². The van der Waals surface area contributed by atoms with E-state index in [1.807, 2.05) is 13.1 Å². The van der Waals surface area contributed by atoms with Gasteiger partial charge in [-0.3, -0.25) is 0 Å². The fourth-order valence-corrected chi connectivity index (χ4v) is 1.83. The second-order valence-corrected chi connectivity index (χ2v) is 7.04. The van der Waals surface area contributed by atoms with E-state index in [2.05, 4.69) is 6.92 Å². The van der Waals surface area contributed by atoms with Crippen molar-refractivity contribution in [2.75, 3.05) is 0 Å². The van der Waals surface area contributed by atoms with Crippen molar-refractivity contribution >= 4 is 8.32 Å². The van der Waals surface area contributed by atoms with Gasteiger partial charge in [0.25, 0.3) is 0 Å². The summed E-state index contributed by atoms with van der Waals surface area (Å²) in [5, 5.41) is 0. The van der Waals surface area contributed by atoms with Crippen LogP contribution in [-0.4, -0.2) is 13.1 Å². The third kappa shape index (κ3) is 12.9. The molecule has 0 heterocycles. The van der Waals surface area contributed by atoms with Crippen LogP contribution in [0.3, 0.4) is 0 Å². The first kappa shape index (κ1) is 13.4. The van der Waals surface area contributed by atoms with Gasteiger partial charge in [-0.2, -0.15) is 0 Å². The van der Waals surface area contributed by atoms with Gasteiger partial charge in [0.2, 0.25) is 0 Å². The summed E-state index contributed by atoms with van der Waals surface area (Å²) in [6.45, 7) is 6.13. The molecule has 1 N–H and O–H groups in total. The molecule has 0 amide bonds. The van der Waals surface area contributed by atoms with Crippen molar-refractivity contribution in [2.24, 2.45) is 0 Å². The standard InChI is InChI=1S/C6H16OSi.K.H/c1-4-5-6-8(2,3)7;;/h7H,4-6H2,1-3H3;;/q;+1;-1. The fourth-order valence-electron chi connectivity index (χ4n) is 0.609. The van der Waals surface area contributed by atoms with Gasteiger partial charge in [-0.1, -0.05) is 19.8 Å². The van der Waals surface area contributed by atoms with Crippen LogP contribution in [0.25, 0.3) is 0 Å². The fraction of sp³-hybridized carbons (Fsp3) is 1.00. The van der Waals surface area contributed by atoms with Crippen LogP contribution in [-0.2, 0) is 0 Å². The molecule has 0 aromatic heterocycles. The van der Waals surface area contributed by atoms with Gasteiger partial charge >= 0.3 is 51.4 Å². The maximum absolute atomic E-state index is 9.29. The van der Waals surface area contributed by atoms with Gasteiger partial charge in [-0.25, -0.2) is 0 Å². The van der Waals surface area contributed by atoms with E-state index >= 15 is 0 Å². The number of hydrogen-bond acceptors (Lipinski definition) is 1. The molecule has 9 heavy (non-hydrogen) atoms. The van der Waals surface area contributed by atoms with E-state index in [1.165, 1.54) is 12.8 Å². The number of unbranched alkanes of at least 4 members (excludes halogenated alkanes) is 1. The zero-order valence-electron chi connectivity index (χ0n) is 8.07. The molecule has 1 nitrogen and oxygen atoms in total. The van der Waals surface area contributed by atoms with Crippen molar-refractivity contribution in [3.8, 4) is 0 Å². The quantitative estimate of drug-likeness (QED) is 0.547. The summed E-state index contributed by atoms with van der Waals surface area (Å²) in [6, 6.07) is 1.06. The second kappa shape index (κ2) is 6.52. The molecule has 0 aromatic carbocycles. The van der Waals surface area contributed by atoms with Crippen molar-refractivity contribution < 1.29 is 57.6 Å². The molecule has 0 saturated heterocycles. The molecule has 0 atom stereocenters. The van der Waals surface area contributed by atoms with Crippen molar-refractivity contribution in [2.45, 2.75) is 38.9 Å². The predicted molar refractivity (Wildman–Crippen MR) is 40.5 cm³/mol. The van der Waals surface area contributed by atoms with Crippen LogP contribution < -0.4 is 51.4 Å². The Labute approximate surface area is 103 Å². The molecule has 0 aromatic rings. The Balaban J connectivity index is -0.000000245. The Hall–Kier alpha value is 1.81. The zero-order valence-corrected chi connectivity index (χ0v) is 11.2. The Morgan fingerprint density at radius 1 is 1.44 bits per heavy atom. The molecule has 0 aliphatic heterocycles. The summed E-state index contributed by atoms with van der Waals surface area (Å²) >= 11 is 0. The topological polar surface area (TPSA) is 20.2 Å². The van der Waals surface area contributed by atoms with Gasteiger partial charge in [-0.15, -0.1) is 0 Å². The minimum absolute atomic E-state index is 0. The summed E-state index contributed by atoms with van der Waals surface area (Å²) in [4.78, 5) is 9.29. The van der Waals surface area contributed by atoms with E-state index in [0.29, 0.717) is 0 Å². The molecule has 3 heteroatoms. The van der Waals surface area contributed by atoms with E-state index < -0.39 is 8.32 Å². The number of rotatable bonds is 3. The van der Waals surface area contributed by atoms with Crippen molar-refractivity contribution in [3.63, 3.8) is 0 Å². The average Bonchev–Trinajstić information content (AvgIpc) is 1.59. The van der Waals surface area contributed by atoms with Gasteiger partial charge in [-0.05, 0) is 19.1 Å². The molecule has 0 radical (unpaired) electrons. The maximum Gasteiger partial charge on any atom is 1.00 e. The first-order valence-electron chi connectivity index (χ1n) is 3.28. The summed E-state index contributed by atoms with van der Waals surface area (Å²) in [7, 11) is -1.68. The molecule has 52 valence electrons. The maximum atomic E-state index is 9.29. The first-order valence-corrected chi connectivity index (χ1v) is 6.44. The molecule has 0 bridgehead atoms. The van der Waals surface area contributed by atoms with Gasteiger partial charge in [0.1, 0.15) is 0 Å². The van der Waals surface area contributed by atoms with E-state index in [9.17, 15) is 4.80 Å². The Kier molecular flexibility index (Phi) is 9.71. The van der Waals surface area contributed by atoms with E-state index in [-0.39, 0.29) is 52.8 Å². The molecular weight excluding hydrogens is 155 g/mol. The largest absolute Gasteiger partial charge is 1.00 e. The Morgan fingerprint density at radius 3 is 2.00 bits per heavy atom. The van der Waals surface area contributed by atoms with Crippen LogP contribution in [0.15, 0.2) is 0 Å². The minimum atomic E-state index is -1.68. The molecule has 0 aliphatic carbocycles. The summed E-state index contributed by atoms with van der Waals surface area (Å²) in [5.41, 5.74) is 0. The average molecular weight is 172 g/mol. The van der Waals surface area contributed by atoms with Crippen LogP contribution >= 0.6 is 0 Å². The molecule has 0 aliphatic rings. The van der Waals surface area contributed by atoms with Crippen LogP contribution in [0.1, 0.15) is 21.2 Å². The summed E-state index contributed by atoms with van der Waals surface area (Å²) in [5.74, 6) is 0. The van der Waals surface area contributed by atoms with E-state index in [0.717, 1.165) is 6.04 Å². The van der Waals surface area contributed by atoms with Gasteiger partial charge < -0.3 is 6.22 Å². The molecule has 0 fully saturated rings. The van der Waals surface area contributed by atoms with Crippen molar-refractivity contribution in [1.82, 2.24) is 0 Å². The third-order valence-electron chi connectivity index (χ3n) is 1.14. The third-order valence-corrected chi connectivity index (χ3v) is 2.72. The molecular formula is C6H17KOSi. The monoisotopic (exact) mass is 172 g/mol. The molecule has 0 saturated carbocycles. The Morgan fingerprint density at radius 2 is 1.89 bits per heavy atom.